The van der Waals surface area contributed by atoms with E-state index in [1.807, 2.05) is 13.8 Å². The molecule has 1 rings (SSSR count). The fourth-order valence-electron chi connectivity index (χ4n) is 2.43. The molecule has 4 N–H and O–H groups in total. The Morgan fingerprint density at radius 1 is 1.07 bits per heavy atom. The minimum Gasteiger partial charge on any atom is -0.508 e. The smallest absolute Gasteiger partial charge is 0.406 e. The van der Waals surface area contributed by atoms with Crippen molar-refractivity contribution in [1.82, 2.24) is 10.4 Å². The number of benzene rings is 1. The Morgan fingerprint density at radius 3 is 2.07 bits per heavy atom. The summed E-state index contributed by atoms with van der Waals surface area (Å²) in [4.78, 5) is 24.1. The summed E-state index contributed by atoms with van der Waals surface area (Å²) in [5, 5.41) is 23.8. The highest BCUT2D eigenvalue weighted by Crippen LogP contribution is 2.44. The molecule has 0 aliphatic carbocycles. The molecule has 0 bridgehead atoms. The number of hydrogen-bond acceptors (Lipinski definition) is 6. The van der Waals surface area contributed by atoms with Gasteiger partial charge in [0.1, 0.15) is 11.8 Å². The average molecular weight is 444 g/mol. The van der Waals surface area contributed by atoms with E-state index in [1.54, 1.807) is 12.1 Å². The summed E-state index contributed by atoms with van der Waals surface area (Å²) < 4.78 is 23.7. The van der Waals surface area contributed by atoms with Crippen LogP contribution in [0.5, 0.6) is 5.75 Å². The number of carboxylic acid groups (broad SMARTS) is 1. The summed E-state index contributed by atoms with van der Waals surface area (Å²) in [6.07, 6.45) is 3.12. The summed E-state index contributed by atoms with van der Waals surface area (Å²) in [6.45, 7) is 5.85. The van der Waals surface area contributed by atoms with E-state index in [0.29, 0.717) is 18.4 Å². The fourth-order valence-corrected chi connectivity index (χ4v) is 3.98. The molecule has 10 heteroatoms. The van der Waals surface area contributed by atoms with Crippen molar-refractivity contribution in [2.24, 2.45) is 0 Å². The van der Waals surface area contributed by atoms with Crippen LogP contribution in [-0.4, -0.2) is 47.4 Å². The number of rotatable bonds is 15. The maximum atomic E-state index is 12.9. The first-order valence-corrected chi connectivity index (χ1v) is 11.7. The van der Waals surface area contributed by atoms with Crippen molar-refractivity contribution in [2.75, 3.05) is 13.2 Å². The van der Waals surface area contributed by atoms with Crippen molar-refractivity contribution < 1.29 is 33.4 Å². The van der Waals surface area contributed by atoms with Crippen molar-refractivity contribution in [3.8, 4) is 5.75 Å². The highest BCUT2D eigenvalue weighted by atomic mass is 31.2. The zero-order valence-electron chi connectivity index (χ0n) is 17.8. The van der Waals surface area contributed by atoms with E-state index in [1.165, 1.54) is 19.1 Å². The van der Waals surface area contributed by atoms with Crippen LogP contribution in [0.25, 0.3) is 0 Å². The van der Waals surface area contributed by atoms with Gasteiger partial charge < -0.3 is 15.5 Å². The fraction of sp³-hybridized carbons (Fsp3) is 0.600. The molecule has 2 unspecified atom stereocenters. The van der Waals surface area contributed by atoms with Crippen LogP contribution >= 0.6 is 7.75 Å². The summed E-state index contributed by atoms with van der Waals surface area (Å²) in [5.41, 5.74) is 0.637. The lowest BCUT2D eigenvalue weighted by Crippen LogP contribution is -2.49. The van der Waals surface area contributed by atoms with Crippen LogP contribution in [0.3, 0.4) is 0 Å². The topological polar surface area (TPSA) is 134 Å². The first-order chi connectivity index (χ1) is 14.2. The van der Waals surface area contributed by atoms with Gasteiger partial charge in [-0.05, 0) is 37.5 Å². The normalized spacial score (nSPS) is 13.6. The van der Waals surface area contributed by atoms with Crippen molar-refractivity contribution in [1.29, 1.82) is 0 Å². The van der Waals surface area contributed by atoms with E-state index in [4.69, 9.17) is 9.05 Å². The van der Waals surface area contributed by atoms with Crippen molar-refractivity contribution in [3.63, 3.8) is 0 Å². The maximum absolute atomic E-state index is 12.9. The predicted molar refractivity (Wildman–Crippen MR) is 113 cm³/mol. The van der Waals surface area contributed by atoms with Crippen LogP contribution in [0.4, 0.5) is 0 Å². The van der Waals surface area contributed by atoms with E-state index in [-0.39, 0.29) is 25.4 Å². The van der Waals surface area contributed by atoms with Gasteiger partial charge in [-0.3, -0.25) is 13.8 Å². The molecule has 0 spiro atoms. The van der Waals surface area contributed by atoms with Gasteiger partial charge in [-0.2, -0.15) is 0 Å². The number of aromatic hydroxyl groups is 1. The zero-order valence-corrected chi connectivity index (χ0v) is 18.7. The minimum atomic E-state index is -3.71. The molecule has 0 aliphatic rings. The van der Waals surface area contributed by atoms with Crippen molar-refractivity contribution in [3.05, 3.63) is 29.8 Å². The Labute approximate surface area is 177 Å². The van der Waals surface area contributed by atoms with Gasteiger partial charge in [0.15, 0.2) is 0 Å². The number of amides is 1. The first-order valence-electron chi connectivity index (χ1n) is 10.2. The Bertz CT molecular complexity index is 698. The number of carboxylic acids is 1. The molecular weight excluding hydrogens is 411 g/mol. The maximum Gasteiger partial charge on any atom is 0.406 e. The monoisotopic (exact) mass is 444 g/mol. The molecular formula is C20H33N2O7P. The molecule has 0 saturated carbocycles. The number of carbonyl (C=O) groups is 2. The lowest BCUT2D eigenvalue weighted by Gasteiger charge is -2.24. The van der Waals surface area contributed by atoms with Gasteiger partial charge in [0.2, 0.25) is 5.91 Å². The standard InChI is InChI=1S/C20H33N2O7P/c1-4-6-12-28-30(27,29-13-7-5-2)22-15(3)19(24)21-18(20(25)26)14-16-8-10-17(23)11-9-16/h8-11,15,18,23H,4-7,12-14H2,1-3H3,(H,21,24)(H,22,27)(H,25,26). The molecule has 2 atom stereocenters. The van der Waals surface area contributed by atoms with E-state index in [9.17, 15) is 24.4 Å². The molecule has 0 aromatic heterocycles. The van der Waals surface area contributed by atoms with Crippen LogP contribution in [0, 0.1) is 0 Å². The number of hydrogen-bond donors (Lipinski definition) is 4. The number of phenolic OH excluding ortho intramolecular Hbond substituents is 1. The number of phenols is 1. The molecule has 9 nitrogen and oxygen atoms in total. The van der Waals surface area contributed by atoms with E-state index >= 15 is 0 Å². The SMILES string of the molecule is CCCCOP(=O)(NC(C)C(=O)NC(Cc1ccc(O)cc1)C(=O)O)OCCCC. The molecule has 30 heavy (non-hydrogen) atoms. The van der Waals surface area contributed by atoms with E-state index in [2.05, 4.69) is 10.4 Å². The summed E-state index contributed by atoms with van der Waals surface area (Å²) in [5.74, 6) is -1.78. The summed E-state index contributed by atoms with van der Waals surface area (Å²) in [7, 11) is -3.71. The lowest BCUT2D eigenvalue weighted by molar-refractivity contribution is -0.142. The summed E-state index contributed by atoms with van der Waals surface area (Å²) >= 11 is 0. The van der Waals surface area contributed by atoms with Gasteiger partial charge in [0.05, 0.1) is 19.3 Å². The van der Waals surface area contributed by atoms with Gasteiger partial charge in [0.25, 0.3) is 0 Å². The lowest BCUT2D eigenvalue weighted by atomic mass is 10.1. The largest absolute Gasteiger partial charge is 0.508 e. The Hall–Kier alpha value is -1.93. The second kappa shape index (κ2) is 13.4. The molecule has 0 aliphatic heterocycles. The van der Waals surface area contributed by atoms with Gasteiger partial charge in [-0.15, -0.1) is 0 Å². The molecule has 1 aromatic rings. The van der Waals surface area contributed by atoms with Crippen LogP contribution in [0.15, 0.2) is 24.3 Å². The third kappa shape index (κ3) is 9.71. The molecule has 0 heterocycles. The number of unbranched alkanes of at least 4 members (excludes halogenated alkanes) is 2. The second-order valence-electron chi connectivity index (χ2n) is 6.99. The highest BCUT2D eigenvalue weighted by molar-refractivity contribution is 7.51. The van der Waals surface area contributed by atoms with Crippen LogP contribution in [0.2, 0.25) is 0 Å². The van der Waals surface area contributed by atoms with E-state index in [0.717, 1.165) is 12.8 Å². The molecule has 1 amide bonds. The van der Waals surface area contributed by atoms with Crippen LogP contribution in [0.1, 0.15) is 52.0 Å². The van der Waals surface area contributed by atoms with Crippen molar-refractivity contribution >= 4 is 19.6 Å². The molecule has 1 aromatic carbocycles. The number of aliphatic carboxylic acids is 1. The van der Waals surface area contributed by atoms with Crippen LogP contribution < -0.4 is 10.4 Å². The third-order valence-corrected chi connectivity index (χ3v) is 6.00. The first kappa shape index (κ1) is 26.1. The zero-order chi connectivity index (χ0) is 22.6. The van der Waals surface area contributed by atoms with Gasteiger partial charge in [0, 0.05) is 6.42 Å². The quantitative estimate of drug-likeness (QED) is 0.239. The third-order valence-electron chi connectivity index (χ3n) is 4.25. The Balaban J connectivity index is 2.75. The predicted octanol–water partition coefficient (Wildman–Crippen LogP) is 3.22. The highest BCUT2D eigenvalue weighted by Gasteiger charge is 2.31. The summed E-state index contributed by atoms with van der Waals surface area (Å²) in [6, 6.07) is 3.86. The number of nitrogens with one attached hydrogen (secondary N) is 2. The minimum absolute atomic E-state index is 0.0335. The average Bonchev–Trinajstić information content (AvgIpc) is 2.69. The van der Waals surface area contributed by atoms with Crippen molar-refractivity contribution in [2.45, 2.75) is 65.0 Å². The number of carbonyl (C=O) groups excluding carboxylic acids is 1. The van der Waals surface area contributed by atoms with Gasteiger partial charge in [-0.1, -0.05) is 38.8 Å². The Kier molecular flexibility index (Phi) is 11.7. The Morgan fingerprint density at radius 2 is 1.60 bits per heavy atom. The van der Waals surface area contributed by atoms with Crippen LogP contribution in [-0.2, 0) is 29.6 Å². The van der Waals surface area contributed by atoms with Gasteiger partial charge >= 0.3 is 13.7 Å². The molecule has 0 radical (unpaired) electrons. The molecule has 0 fully saturated rings. The van der Waals surface area contributed by atoms with Gasteiger partial charge in [-0.25, -0.2) is 14.4 Å². The second-order valence-corrected chi connectivity index (χ2v) is 8.76. The van der Waals surface area contributed by atoms with E-state index < -0.39 is 31.7 Å². The molecule has 170 valence electrons. The molecule has 0 saturated heterocycles.